The van der Waals surface area contributed by atoms with Gasteiger partial charge < -0.3 is 18.8 Å². The lowest BCUT2D eigenvalue weighted by molar-refractivity contribution is 0.101. The number of rotatable bonds is 6. The van der Waals surface area contributed by atoms with Crippen LogP contribution >= 0.6 is 0 Å². The van der Waals surface area contributed by atoms with Crippen LogP contribution in [0.2, 0.25) is 0 Å². The number of aromatic nitrogens is 2. The summed E-state index contributed by atoms with van der Waals surface area (Å²) in [6, 6.07) is 15.9. The third-order valence-electron chi connectivity index (χ3n) is 4.54. The normalized spacial score (nSPS) is 17.1. The van der Waals surface area contributed by atoms with Gasteiger partial charge in [-0.1, -0.05) is 12.1 Å². The molecule has 1 aliphatic rings. The van der Waals surface area contributed by atoms with Crippen LogP contribution in [0.1, 0.15) is 24.8 Å². The van der Waals surface area contributed by atoms with Crippen molar-refractivity contribution in [1.82, 2.24) is 9.55 Å². The van der Waals surface area contributed by atoms with Crippen LogP contribution in [0.5, 0.6) is 11.5 Å². The highest BCUT2D eigenvalue weighted by atomic mass is 16.5. The van der Waals surface area contributed by atoms with Crippen molar-refractivity contribution in [3.05, 3.63) is 54.4 Å². The molecule has 1 aliphatic heterocycles. The summed E-state index contributed by atoms with van der Waals surface area (Å²) in [6.07, 6.45) is 2.21. The molecule has 0 unspecified atom stereocenters. The summed E-state index contributed by atoms with van der Waals surface area (Å²) in [5, 5.41) is 0. The molecule has 0 saturated carbocycles. The topological polar surface area (TPSA) is 45.5 Å². The van der Waals surface area contributed by atoms with Crippen LogP contribution < -0.4 is 9.47 Å². The fraction of sp³-hybridized carbons (Fsp3) is 0.350. The van der Waals surface area contributed by atoms with Gasteiger partial charge in [0.25, 0.3) is 0 Å². The van der Waals surface area contributed by atoms with Gasteiger partial charge in [-0.15, -0.1) is 0 Å². The van der Waals surface area contributed by atoms with Gasteiger partial charge in [-0.3, -0.25) is 0 Å². The van der Waals surface area contributed by atoms with Gasteiger partial charge in [0.15, 0.2) is 0 Å². The molecule has 1 saturated heterocycles. The van der Waals surface area contributed by atoms with E-state index in [4.69, 9.17) is 19.2 Å². The van der Waals surface area contributed by atoms with E-state index in [1.165, 1.54) is 0 Å². The summed E-state index contributed by atoms with van der Waals surface area (Å²) >= 11 is 0. The maximum Gasteiger partial charge on any atom is 0.139 e. The van der Waals surface area contributed by atoms with Crippen molar-refractivity contribution in [1.29, 1.82) is 0 Å². The second kappa shape index (κ2) is 7.15. The van der Waals surface area contributed by atoms with Gasteiger partial charge in [-0.25, -0.2) is 4.98 Å². The van der Waals surface area contributed by atoms with E-state index in [2.05, 4.69) is 16.7 Å². The Morgan fingerprint density at radius 2 is 1.92 bits per heavy atom. The maximum atomic E-state index is 5.90. The summed E-state index contributed by atoms with van der Waals surface area (Å²) in [5.41, 5.74) is 2.14. The highest BCUT2D eigenvalue weighted by Crippen LogP contribution is 2.30. The van der Waals surface area contributed by atoms with Crippen molar-refractivity contribution < 1.29 is 14.2 Å². The van der Waals surface area contributed by atoms with Crippen molar-refractivity contribution in [2.75, 3.05) is 20.3 Å². The quantitative estimate of drug-likeness (QED) is 0.682. The van der Waals surface area contributed by atoms with Gasteiger partial charge in [0.2, 0.25) is 0 Å². The first kappa shape index (κ1) is 16.0. The molecule has 4 rings (SSSR count). The minimum absolute atomic E-state index is 0.0911. The number of benzene rings is 2. The molecule has 2 heterocycles. The van der Waals surface area contributed by atoms with Crippen LogP contribution in [-0.4, -0.2) is 29.9 Å². The lowest BCUT2D eigenvalue weighted by Crippen LogP contribution is -2.13. The third-order valence-corrected chi connectivity index (χ3v) is 4.54. The van der Waals surface area contributed by atoms with Crippen molar-refractivity contribution in [3.8, 4) is 11.5 Å². The third kappa shape index (κ3) is 3.33. The van der Waals surface area contributed by atoms with Gasteiger partial charge in [0.1, 0.15) is 30.0 Å². The fourth-order valence-electron chi connectivity index (χ4n) is 3.28. The molecule has 3 aromatic rings. The van der Waals surface area contributed by atoms with Crippen molar-refractivity contribution in [3.63, 3.8) is 0 Å². The molecule has 1 fully saturated rings. The summed E-state index contributed by atoms with van der Waals surface area (Å²) in [6.45, 7) is 2.13. The zero-order valence-corrected chi connectivity index (χ0v) is 14.4. The predicted molar refractivity (Wildman–Crippen MR) is 96.1 cm³/mol. The number of hydrogen-bond acceptors (Lipinski definition) is 4. The van der Waals surface area contributed by atoms with E-state index in [-0.39, 0.29) is 6.10 Å². The molecule has 25 heavy (non-hydrogen) atoms. The predicted octanol–water partition coefficient (Wildman–Crippen LogP) is 3.98. The number of ether oxygens (including phenoxy) is 3. The monoisotopic (exact) mass is 338 g/mol. The minimum Gasteiger partial charge on any atom is -0.497 e. The standard InChI is InChI=1S/C20H22N2O3/c1-23-15-8-10-16(11-9-15)24-14-12-22-18-6-3-2-5-17(18)21-20(22)19-7-4-13-25-19/h2-3,5-6,8-11,19H,4,7,12-14H2,1H3/t19-/m0/s1. The van der Waals surface area contributed by atoms with Gasteiger partial charge in [-0.05, 0) is 49.2 Å². The SMILES string of the molecule is COc1ccc(OCCn2c([C@@H]3CCCO3)nc3ccccc32)cc1. The molecule has 0 aliphatic carbocycles. The lowest BCUT2D eigenvalue weighted by atomic mass is 10.2. The van der Waals surface area contributed by atoms with Crippen molar-refractivity contribution >= 4 is 11.0 Å². The molecule has 130 valence electrons. The number of fused-ring (bicyclic) bond motifs is 1. The molecule has 0 radical (unpaired) electrons. The molecule has 5 heteroatoms. The van der Waals surface area contributed by atoms with Crippen LogP contribution in [0.25, 0.3) is 11.0 Å². The molecule has 2 aromatic carbocycles. The van der Waals surface area contributed by atoms with Crippen LogP contribution in [0, 0.1) is 0 Å². The van der Waals surface area contributed by atoms with Gasteiger partial charge >= 0.3 is 0 Å². The lowest BCUT2D eigenvalue weighted by Gasteiger charge is -2.14. The smallest absolute Gasteiger partial charge is 0.139 e. The minimum atomic E-state index is 0.0911. The molecule has 0 amide bonds. The second-order valence-corrected chi connectivity index (χ2v) is 6.14. The van der Waals surface area contributed by atoms with Gasteiger partial charge in [-0.2, -0.15) is 0 Å². The van der Waals surface area contributed by atoms with Crippen LogP contribution in [0.15, 0.2) is 48.5 Å². The van der Waals surface area contributed by atoms with E-state index in [0.717, 1.165) is 54.4 Å². The summed E-state index contributed by atoms with van der Waals surface area (Å²) in [4.78, 5) is 4.81. The Morgan fingerprint density at radius 1 is 1.12 bits per heavy atom. The van der Waals surface area contributed by atoms with Crippen molar-refractivity contribution in [2.45, 2.75) is 25.5 Å². The number of methoxy groups -OCH3 is 1. The van der Waals surface area contributed by atoms with Crippen LogP contribution in [0.4, 0.5) is 0 Å². The number of hydrogen-bond donors (Lipinski definition) is 0. The molecule has 0 N–H and O–H groups in total. The van der Waals surface area contributed by atoms with Crippen LogP contribution in [0.3, 0.4) is 0 Å². The summed E-state index contributed by atoms with van der Waals surface area (Å²) in [7, 11) is 1.66. The van der Waals surface area contributed by atoms with Crippen molar-refractivity contribution in [2.24, 2.45) is 0 Å². The van der Waals surface area contributed by atoms with E-state index >= 15 is 0 Å². The molecule has 1 aromatic heterocycles. The molecule has 1 atom stereocenters. The van der Waals surface area contributed by atoms with E-state index < -0.39 is 0 Å². The highest BCUT2D eigenvalue weighted by molar-refractivity contribution is 5.76. The molecular weight excluding hydrogens is 316 g/mol. The fourth-order valence-corrected chi connectivity index (χ4v) is 3.28. The Labute approximate surface area is 147 Å². The second-order valence-electron chi connectivity index (χ2n) is 6.14. The highest BCUT2D eigenvalue weighted by Gasteiger charge is 2.24. The van der Waals surface area contributed by atoms with Crippen LogP contribution in [-0.2, 0) is 11.3 Å². The molecular formula is C20H22N2O3. The zero-order valence-electron chi connectivity index (χ0n) is 14.4. The Morgan fingerprint density at radius 3 is 2.68 bits per heavy atom. The number of nitrogens with zero attached hydrogens (tertiary/aromatic N) is 2. The average molecular weight is 338 g/mol. The molecule has 5 nitrogen and oxygen atoms in total. The summed E-state index contributed by atoms with van der Waals surface area (Å²) < 4.78 is 19.2. The molecule has 0 bridgehead atoms. The van der Waals surface area contributed by atoms with Gasteiger partial charge in [0, 0.05) is 6.61 Å². The van der Waals surface area contributed by atoms with E-state index in [1.807, 2.05) is 36.4 Å². The van der Waals surface area contributed by atoms with E-state index in [0.29, 0.717) is 6.61 Å². The first-order chi connectivity index (χ1) is 12.3. The van der Waals surface area contributed by atoms with E-state index in [9.17, 15) is 0 Å². The Balaban J connectivity index is 1.52. The number of imidazole rings is 1. The average Bonchev–Trinajstić information content (AvgIpc) is 3.30. The first-order valence-electron chi connectivity index (χ1n) is 8.69. The first-order valence-corrected chi connectivity index (χ1v) is 8.69. The zero-order chi connectivity index (χ0) is 17.1. The Hall–Kier alpha value is -2.53. The largest absolute Gasteiger partial charge is 0.497 e. The Kier molecular flexibility index (Phi) is 4.57. The summed E-state index contributed by atoms with van der Waals surface area (Å²) in [5.74, 6) is 2.68. The van der Waals surface area contributed by atoms with Gasteiger partial charge in [0.05, 0.1) is 24.7 Å². The maximum absolute atomic E-state index is 5.90. The molecule has 0 spiro atoms. The van der Waals surface area contributed by atoms with E-state index in [1.54, 1.807) is 7.11 Å². The number of para-hydroxylation sites is 2. The Bertz CT molecular complexity index is 836.